The van der Waals surface area contributed by atoms with Gasteiger partial charge in [0.25, 0.3) is 0 Å². The summed E-state index contributed by atoms with van der Waals surface area (Å²) in [4.78, 5) is 0. The van der Waals surface area contributed by atoms with Crippen LogP contribution in [0.5, 0.6) is 0 Å². The van der Waals surface area contributed by atoms with Gasteiger partial charge in [-0.25, -0.2) is 0 Å². The minimum Gasteiger partial charge on any atom is -0.384 e. The molecule has 0 spiro atoms. The van der Waals surface area contributed by atoms with Crippen LogP contribution in [0, 0.1) is 18.3 Å². The Kier molecular flexibility index (Phi) is 9.67. The van der Waals surface area contributed by atoms with E-state index in [0.29, 0.717) is 12.0 Å². The van der Waals surface area contributed by atoms with Crippen molar-refractivity contribution >= 4 is 0 Å². The van der Waals surface area contributed by atoms with Crippen LogP contribution >= 0.6 is 0 Å². The summed E-state index contributed by atoms with van der Waals surface area (Å²) >= 11 is 0. The summed E-state index contributed by atoms with van der Waals surface area (Å²) in [7, 11) is 1.76. The maximum absolute atomic E-state index is 5.29. The van der Waals surface area contributed by atoms with Crippen molar-refractivity contribution in [3.8, 4) is 12.3 Å². The van der Waals surface area contributed by atoms with Gasteiger partial charge in [-0.2, -0.15) is 0 Å². The first-order valence-corrected chi connectivity index (χ1v) is 5.90. The zero-order valence-electron chi connectivity index (χ0n) is 10.4. The summed E-state index contributed by atoms with van der Waals surface area (Å²) in [5, 5.41) is 3.54. The lowest BCUT2D eigenvalue weighted by atomic mass is 9.99. The Morgan fingerprint density at radius 2 is 2.20 bits per heavy atom. The highest BCUT2D eigenvalue weighted by molar-refractivity contribution is 4.86. The van der Waals surface area contributed by atoms with E-state index in [4.69, 9.17) is 11.2 Å². The van der Waals surface area contributed by atoms with E-state index in [0.717, 1.165) is 32.4 Å². The van der Waals surface area contributed by atoms with Crippen molar-refractivity contribution in [1.29, 1.82) is 0 Å². The van der Waals surface area contributed by atoms with E-state index in [2.05, 4.69) is 25.1 Å². The molecule has 0 aliphatic carbocycles. The van der Waals surface area contributed by atoms with Crippen LogP contribution in [0.3, 0.4) is 0 Å². The number of hydrogen-bond donors (Lipinski definition) is 1. The predicted octanol–water partition coefficient (Wildman–Crippen LogP) is 2.44. The fourth-order valence-corrected chi connectivity index (χ4v) is 1.75. The largest absolute Gasteiger partial charge is 0.384 e. The van der Waals surface area contributed by atoms with Crippen molar-refractivity contribution in [1.82, 2.24) is 5.32 Å². The number of rotatable bonds is 9. The molecule has 0 aromatic carbocycles. The molecule has 0 aromatic rings. The smallest absolute Gasteiger partial charge is 0.0488 e. The van der Waals surface area contributed by atoms with Gasteiger partial charge in [-0.15, -0.1) is 12.3 Å². The maximum atomic E-state index is 5.29. The Labute approximate surface area is 94.8 Å². The number of ether oxygens (including phenoxy) is 1. The van der Waals surface area contributed by atoms with Crippen molar-refractivity contribution in [2.75, 3.05) is 20.3 Å². The fraction of sp³-hybridized carbons (Fsp3) is 0.846. The van der Waals surface area contributed by atoms with Crippen LogP contribution in [0.25, 0.3) is 0 Å². The molecular weight excluding hydrogens is 186 g/mol. The van der Waals surface area contributed by atoms with Crippen molar-refractivity contribution in [2.24, 2.45) is 5.92 Å². The molecule has 0 aliphatic rings. The van der Waals surface area contributed by atoms with Crippen LogP contribution in [0.15, 0.2) is 0 Å². The van der Waals surface area contributed by atoms with Crippen LogP contribution in [0.1, 0.15) is 39.5 Å². The van der Waals surface area contributed by atoms with Gasteiger partial charge in [0, 0.05) is 26.2 Å². The first kappa shape index (κ1) is 14.5. The van der Waals surface area contributed by atoms with E-state index in [9.17, 15) is 0 Å². The van der Waals surface area contributed by atoms with E-state index >= 15 is 0 Å². The minimum atomic E-state index is 0.547. The van der Waals surface area contributed by atoms with E-state index in [-0.39, 0.29) is 0 Å². The van der Waals surface area contributed by atoms with E-state index in [1.807, 2.05) is 0 Å². The van der Waals surface area contributed by atoms with Crippen LogP contribution in [-0.2, 0) is 4.74 Å². The summed E-state index contributed by atoms with van der Waals surface area (Å²) in [6.07, 6.45) is 9.55. The van der Waals surface area contributed by atoms with Gasteiger partial charge in [-0.3, -0.25) is 0 Å². The van der Waals surface area contributed by atoms with Gasteiger partial charge in [-0.1, -0.05) is 13.8 Å². The fourth-order valence-electron chi connectivity index (χ4n) is 1.75. The monoisotopic (exact) mass is 211 g/mol. The summed E-state index contributed by atoms with van der Waals surface area (Å²) in [5.74, 6) is 3.31. The average molecular weight is 211 g/mol. The first-order valence-electron chi connectivity index (χ1n) is 5.90. The normalized spacial score (nSPS) is 14.5. The lowest BCUT2D eigenvalue weighted by molar-refractivity contribution is 0.148. The van der Waals surface area contributed by atoms with Crippen molar-refractivity contribution < 1.29 is 4.74 Å². The van der Waals surface area contributed by atoms with Crippen molar-refractivity contribution in [3.63, 3.8) is 0 Å². The van der Waals surface area contributed by atoms with E-state index in [1.165, 1.54) is 6.42 Å². The maximum Gasteiger partial charge on any atom is 0.0488 e. The summed E-state index contributed by atoms with van der Waals surface area (Å²) in [6, 6.07) is 0.547. The zero-order valence-corrected chi connectivity index (χ0v) is 10.4. The van der Waals surface area contributed by atoms with Gasteiger partial charge in [0.1, 0.15) is 0 Å². The van der Waals surface area contributed by atoms with Gasteiger partial charge >= 0.3 is 0 Å². The van der Waals surface area contributed by atoms with Gasteiger partial charge in [0.15, 0.2) is 0 Å². The highest BCUT2D eigenvalue weighted by Crippen LogP contribution is 2.10. The Balaban J connectivity index is 3.82. The third-order valence-corrected chi connectivity index (χ3v) is 2.46. The average Bonchev–Trinajstić information content (AvgIpc) is 2.22. The second kappa shape index (κ2) is 10.0. The summed E-state index contributed by atoms with van der Waals surface area (Å²) in [6.45, 7) is 6.32. The molecule has 15 heavy (non-hydrogen) atoms. The topological polar surface area (TPSA) is 21.3 Å². The Hall–Kier alpha value is -0.520. The van der Waals surface area contributed by atoms with Crippen LogP contribution in [0.2, 0.25) is 0 Å². The van der Waals surface area contributed by atoms with Crippen molar-refractivity contribution in [2.45, 2.75) is 45.6 Å². The highest BCUT2D eigenvalue weighted by Gasteiger charge is 2.11. The standard InChI is InChI=1S/C13H25NO/c1-5-7-8-13(14-9-6-2)10-12(3)11-15-4/h1,12-14H,6-11H2,2-4H3. The number of nitrogens with one attached hydrogen (secondary N) is 1. The molecule has 2 atom stereocenters. The van der Waals surface area contributed by atoms with Gasteiger partial charge in [0.2, 0.25) is 0 Å². The number of terminal acetylenes is 1. The lowest BCUT2D eigenvalue weighted by Gasteiger charge is -2.21. The van der Waals surface area contributed by atoms with Crippen molar-refractivity contribution in [3.05, 3.63) is 0 Å². The van der Waals surface area contributed by atoms with Crippen LogP contribution in [-0.4, -0.2) is 26.3 Å². The van der Waals surface area contributed by atoms with Crippen LogP contribution < -0.4 is 5.32 Å². The molecule has 2 heteroatoms. The first-order chi connectivity index (χ1) is 7.24. The molecule has 88 valence electrons. The molecule has 1 N–H and O–H groups in total. The molecule has 0 rings (SSSR count). The predicted molar refractivity (Wildman–Crippen MR) is 65.8 cm³/mol. The Morgan fingerprint density at radius 3 is 2.73 bits per heavy atom. The minimum absolute atomic E-state index is 0.547. The molecule has 0 bridgehead atoms. The number of methoxy groups -OCH3 is 1. The van der Waals surface area contributed by atoms with Gasteiger partial charge in [-0.05, 0) is 31.7 Å². The molecule has 0 amide bonds. The number of hydrogen-bond acceptors (Lipinski definition) is 2. The Bertz CT molecular complexity index is 174. The zero-order chi connectivity index (χ0) is 11.5. The second-order valence-corrected chi connectivity index (χ2v) is 4.19. The lowest BCUT2D eigenvalue weighted by Crippen LogP contribution is -2.32. The molecule has 0 radical (unpaired) electrons. The molecule has 0 saturated heterocycles. The Morgan fingerprint density at radius 1 is 1.47 bits per heavy atom. The molecule has 0 saturated carbocycles. The molecular formula is C13H25NO. The summed E-state index contributed by atoms with van der Waals surface area (Å²) < 4.78 is 5.15. The van der Waals surface area contributed by atoms with E-state index in [1.54, 1.807) is 7.11 Å². The van der Waals surface area contributed by atoms with Gasteiger partial charge in [0.05, 0.1) is 0 Å². The third kappa shape index (κ3) is 8.47. The summed E-state index contributed by atoms with van der Waals surface area (Å²) in [5.41, 5.74) is 0. The van der Waals surface area contributed by atoms with E-state index < -0.39 is 0 Å². The highest BCUT2D eigenvalue weighted by atomic mass is 16.5. The SMILES string of the molecule is C#CCCC(CC(C)COC)NCCC. The molecule has 0 aliphatic heterocycles. The third-order valence-electron chi connectivity index (χ3n) is 2.46. The molecule has 0 fully saturated rings. The molecule has 0 aromatic heterocycles. The molecule has 0 heterocycles. The quantitative estimate of drug-likeness (QED) is 0.591. The van der Waals surface area contributed by atoms with Crippen LogP contribution in [0.4, 0.5) is 0 Å². The molecule has 2 unspecified atom stereocenters. The van der Waals surface area contributed by atoms with Gasteiger partial charge < -0.3 is 10.1 Å². The molecule has 2 nitrogen and oxygen atoms in total. The second-order valence-electron chi connectivity index (χ2n) is 4.19.